The zero-order valence-corrected chi connectivity index (χ0v) is 17.1. The third kappa shape index (κ3) is 5.09. The summed E-state index contributed by atoms with van der Waals surface area (Å²) in [6.07, 6.45) is 6.24. The molecule has 3 aromatic rings. The fourth-order valence-corrected chi connectivity index (χ4v) is 3.55. The Morgan fingerprint density at radius 3 is 2.52 bits per heavy atom. The van der Waals surface area contributed by atoms with E-state index in [0.717, 1.165) is 31.5 Å². The van der Waals surface area contributed by atoms with Crippen molar-refractivity contribution in [1.82, 2.24) is 4.90 Å². The number of nitrogens with zero attached hydrogens (tertiary/aromatic N) is 1. The molecular weight excluding hydrogens is 394 g/mol. The predicted octanol–water partition coefficient (Wildman–Crippen LogP) is 4.08. The number of carbonyl (C=O) groups excluding carboxylic acids is 2. The largest absolute Gasteiger partial charge is 0.484 e. The van der Waals surface area contributed by atoms with E-state index in [0.29, 0.717) is 16.7 Å². The number of ether oxygens (including phenoxy) is 1. The maximum Gasteiger partial charge on any atom is 0.347 e. The molecule has 1 saturated heterocycles. The summed E-state index contributed by atoms with van der Waals surface area (Å²) in [6, 6.07) is 15.7. The Labute approximate surface area is 179 Å². The van der Waals surface area contributed by atoms with Crippen molar-refractivity contribution in [3.63, 3.8) is 0 Å². The van der Waals surface area contributed by atoms with E-state index in [2.05, 4.69) is 0 Å². The second-order valence-corrected chi connectivity index (χ2v) is 7.48. The lowest BCUT2D eigenvalue weighted by Gasteiger charge is -2.26. The molecule has 0 radical (unpaired) electrons. The van der Waals surface area contributed by atoms with Gasteiger partial charge in [0, 0.05) is 18.5 Å². The van der Waals surface area contributed by atoms with Crippen molar-refractivity contribution >= 4 is 28.7 Å². The molecule has 0 spiro atoms. The predicted molar refractivity (Wildman–Crippen MR) is 118 cm³/mol. The first-order valence-electron chi connectivity index (χ1n) is 10.4. The van der Waals surface area contributed by atoms with Crippen molar-refractivity contribution in [2.45, 2.75) is 19.3 Å². The number of para-hydroxylation sites is 1. The Morgan fingerprint density at radius 2 is 1.74 bits per heavy atom. The van der Waals surface area contributed by atoms with Gasteiger partial charge in [-0.1, -0.05) is 36.4 Å². The first kappa shape index (κ1) is 20.6. The molecule has 1 fully saturated rings. The van der Waals surface area contributed by atoms with Crippen LogP contribution in [0.3, 0.4) is 0 Å². The first-order chi connectivity index (χ1) is 15.1. The number of piperidine rings is 1. The van der Waals surface area contributed by atoms with Gasteiger partial charge in [0.05, 0.1) is 0 Å². The SMILES string of the molecule is O=C(/C=C/c1ccc(OCC(=O)N2CCCCC2)cc1)c1cc2ccccc2oc1=O. The van der Waals surface area contributed by atoms with Crippen LogP contribution in [0.15, 0.2) is 69.9 Å². The fourth-order valence-electron chi connectivity index (χ4n) is 3.55. The molecule has 6 heteroatoms. The zero-order chi connectivity index (χ0) is 21.6. The number of likely N-dealkylation sites (tertiary alicyclic amines) is 1. The lowest BCUT2D eigenvalue weighted by atomic mass is 10.1. The summed E-state index contributed by atoms with van der Waals surface area (Å²) in [5.41, 5.74) is 0.553. The number of amides is 1. The quantitative estimate of drug-likeness (QED) is 0.343. The number of carbonyl (C=O) groups is 2. The van der Waals surface area contributed by atoms with Gasteiger partial charge in [-0.2, -0.15) is 0 Å². The zero-order valence-electron chi connectivity index (χ0n) is 17.1. The van der Waals surface area contributed by atoms with Gasteiger partial charge in [0.2, 0.25) is 0 Å². The van der Waals surface area contributed by atoms with E-state index in [4.69, 9.17) is 9.15 Å². The van der Waals surface area contributed by atoms with Crippen molar-refractivity contribution in [3.05, 3.63) is 82.2 Å². The molecule has 1 aromatic heterocycles. The molecule has 4 rings (SSSR count). The number of allylic oxidation sites excluding steroid dienone is 1. The molecule has 0 bridgehead atoms. The van der Waals surface area contributed by atoms with Gasteiger partial charge in [-0.3, -0.25) is 9.59 Å². The van der Waals surface area contributed by atoms with E-state index in [-0.39, 0.29) is 18.1 Å². The maximum atomic E-state index is 12.5. The summed E-state index contributed by atoms with van der Waals surface area (Å²) >= 11 is 0. The average Bonchev–Trinajstić information content (AvgIpc) is 2.81. The normalized spacial score (nSPS) is 14.1. The van der Waals surface area contributed by atoms with Gasteiger partial charge in [-0.25, -0.2) is 4.79 Å². The molecule has 0 atom stereocenters. The van der Waals surface area contributed by atoms with Crippen LogP contribution in [-0.4, -0.2) is 36.3 Å². The lowest BCUT2D eigenvalue weighted by molar-refractivity contribution is -0.134. The van der Waals surface area contributed by atoms with Gasteiger partial charge < -0.3 is 14.1 Å². The van der Waals surface area contributed by atoms with Crippen molar-refractivity contribution in [2.24, 2.45) is 0 Å². The second kappa shape index (κ2) is 9.43. The Hall–Kier alpha value is -3.67. The summed E-state index contributed by atoms with van der Waals surface area (Å²) in [4.78, 5) is 38.6. The molecule has 1 aliphatic rings. The van der Waals surface area contributed by atoms with Crippen LogP contribution < -0.4 is 10.4 Å². The molecule has 2 heterocycles. The van der Waals surface area contributed by atoms with Crippen LogP contribution in [0.4, 0.5) is 0 Å². The Balaban J connectivity index is 1.37. The van der Waals surface area contributed by atoms with Crippen LogP contribution in [0.2, 0.25) is 0 Å². The molecule has 158 valence electrons. The van der Waals surface area contributed by atoms with Gasteiger partial charge in [-0.15, -0.1) is 0 Å². The van der Waals surface area contributed by atoms with E-state index < -0.39 is 11.4 Å². The minimum Gasteiger partial charge on any atom is -0.484 e. The smallest absolute Gasteiger partial charge is 0.347 e. The molecule has 1 aliphatic heterocycles. The molecule has 0 N–H and O–H groups in total. The van der Waals surface area contributed by atoms with E-state index in [1.807, 2.05) is 11.0 Å². The van der Waals surface area contributed by atoms with Gasteiger partial charge in [0.1, 0.15) is 16.9 Å². The Kier molecular flexibility index (Phi) is 6.26. The van der Waals surface area contributed by atoms with Gasteiger partial charge in [-0.05, 0) is 55.2 Å². The molecule has 0 unspecified atom stereocenters. The highest BCUT2D eigenvalue weighted by Crippen LogP contribution is 2.16. The standard InChI is InChI=1S/C25H23NO5/c27-22(21-16-19-6-2-3-7-23(19)31-25(21)29)13-10-18-8-11-20(12-9-18)30-17-24(28)26-14-4-1-5-15-26/h2-3,6-13,16H,1,4-5,14-15,17H2/b13-10+. The molecule has 0 aliphatic carbocycles. The minimum atomic E-state index is -0.657. The van der Waals surface area contributed by atoms with Crippen molar-refractivity contribution in [1.29, 1.82) is 0 Å². The highest BCUT2D eigenvalue weighted by atomic mass is 16.5. The van der Waals surface area contributed by atoms with Crippen LogP contribution in [0.1, 0.15) is 35.2 Å². The van der Waals surface area contributed by atoms with E-state index in [9.17, 15) is 14.4 Å². The van der Waals surface area contributed by atoms with Crippen molar-refractivity contribution in [2.75, 3.05) is 19.7 Å². The van der Waals surface area contributed by atoms with Gasteiger partial charge in [0.15, 0.2) is 12.4 Å². The maximum absolute atomic E-state index is 12.5. The second-order valence-electron chi connectivity index (χ2n) is 7.48. The molecule has 6 nitrogen and oxygen atoms in total. The third-order valence-electron chi connectivity index (χ3n) is 5.29. The minimum absolute atomic E-state index is 0.00323. The monoisotopic (exact) mass is 417 g/mol. The summed E-state index contributed by atoms with van der Waals surface area (Å²) in [5.74, 6) is 0.166. The highest BCUT2D eigenvalue weighted by Gasteiger charge is 2.16. The first-order valence-corrected chi connectivity index (χ1v) is 10.4. The summed E-state index contributed by atoms with van der Waals surface area (Å²) in [7, 11) is 0. The van der Waals surface area contributed by atoms with E-state index in [1.54, 1.807) is 54.6 Å². The summed E-state index contributed by atoms with van der Waals surface area (Å²) in [6.45, 7) is 1.62. The number of hydrogen-bond acceptors (Lipinski definition) is 5. The molecule has 1 amide bonds. The Bertz CT molecular complexity index is 1170. The molecule has 2 aromatic carbocycles. The van der Waals surface area contributed by atoms with Gasteiger partial charge in [0.25, 0.3) is 5.91 Å². The number of rotatable bonds is 6. The number of fused-ring (bicyclic) bond motifs is 1. The average molecular weight is 417 g/mol. The van der Waals surface area contributed by atoms with Gasteiger partial charge >= 0.3 is 5.63 Å². The van der Waals surface area contributed by atoms with Crippen LogP contribution >= 0.6 is 0 Å². The van der Waals surface area contributed by atoms with Crippen LogP contribution in [0, 0.1) is 0 Å². The summed E-state index contributed by atoms with van der Waals surface area (Å²) in [5, 5.41) is 0.694. The fraction of sp³-hybridized carbons (Fsp3) is 0.240. The highest BCUT2D eigenvalue weighted by molar-refractivity contribution is 6.07. The summed E-state index contributed by atoms with van der Waals surface area (Å²) < 4.78 is 10.8. The van der Waals surface area contributed by atoms with Crippen LogP contribution in [-0.2, 0) is 4.79 Å². The molecule has 0 saturated carbocycles. The van der Waals surface area contributed by atoms with Crippen molar-refractivity contribution in [3.8, 4) is 5.75 Å². The number of ketones is 1. The topological polar surface area (TPSA) is 76.8 Å². The lowest BCUT2D eigenvalue weighted by Crippen LogP contribution is -2.38. The van der Waals surface area contributed by atoms with E-state index >= 15 is 0 Å². The van der Waals surface area contributed by atoms with Crippen LogP contribution in [0.25, 0.3) is 17.0 Å². The molecule has 31 heavy (non-hydrogen) atoms. The number of benzene rings is 2. The van der Waals surface area contributed by atoms with Crippen LogP contribution in [0.5, 0.6) is 5.75 Å². The van der Waals surface area contributed by atoms with Crippen molar-refractivity contribution < 1.29 is 18.7 Å². The third-order valence-corrected chi connectivity index (χ3v) is 5.29. The van der Waals surface area contributed by atoms with E-state index in [1.165, 1.54) is 12.5 Å². The number of hydrogen-bond donors (Lipinski definition) is 0. The Morgan fingerprint density at radius 1 is 1.00 bits per heavy atom. The molecular formula is C25H23NO5.